The van der Waals surface area contributed by atoms with Crippen LogP contribution < -0.4 is 10.5 Å². The van der Waals surface area contributed by atoms with Crippen molar-refractivity contribution in [3.8, 4) is 0 Å². The highest BCUT2D eigenvalue weighted by Gasteiger charge is 2.09. The van der Waals surface area contributed by atoms with Crippen molar-refractivity contribution in [3.05, 3.63) is 65.7 Å². The topological polar surface area (TPSA) is 72.2 Å². The van der Waals surface area contributed by atoms with Gasteiger partial charge in [0, 0.05) is 12.6 Å². The molecule has 1 atom stereocenters. The molecule has 0 aliphatic heterocycles. The van der Waals surface area contributed by atoms with Crippen molar-refractivity contribution in [2.75, 3.05) is 0 Å². The summed E-state index contributed by atoms with van der Waals surface area (Å²) in [7, 11) is -3.62. The van der Waals surface area contributed by atoms with Crippen LogP contribution in [0.25, 0.3) is 0 Å². The summed E-state index contributed by atoms with van der Waals surface area (Å²) in [5, 5.41) is 8.56. The molecule has 0 aliphatic rings. The molecule has 112 valence electrons. The van der Waals surface area contributed by atoms with Gasteiger partial charge in [0.25, 0.3) is 0 Å². The fourth-order valence-electron chi connectivity index (χ4n) is 2.22. The van der Waals surface area contributed by atoms with E-state index in [0.29, 0.717) is 6.54 Å². The summed E-state index contributed by atoms with van der Waals surface area (Å²) in [6, 6.07) is 17.2. The standard InChI is InChI=1S/C16H20N2O2S/c1-2-16(14-6-4-3-5-7-14)18-12-13-8-10-15(11-9-13)21(17,19)20/h3-11,16,18H,2,12H2,1H3,(H2,17,19,20). The lowest BCUT2D eigenvalue weighted by molar-refractivity contribution is 0.519. The molecular weight excluding hydrogens is 284 g/mol. The summed E-state index contributed by atoms with van der Waals surface area (Å²) < 4.78 is 22.4. The smallest absolute Gasteiger partial charge is 0.238 e. The van der Waals surface area contributed by atoms with E-state index in [-0.39, 0.29) is 10.9 Å². The van der Waals surface area contributed by atoms with Crippen LogP contribution in [0.3, 0.4) is 0 Å². The van der Waals surface area contributed by atoms with E-state index in [2.05, 4.69) is 24.4 Å². The molecular formula is C16H20N2O2S. The molecule has 21 heavy (non-hydrogen) atoms. The van der Waals surface area contributed by atoms with Crippen LogP contribution in [0, 0.1) is 0 Å². The molecule has 0 radical (unpaired) electrons. The van der Waals surface area contributed by atoms with Gasteiger partial charge in [0.1, 0.15) is 0 Å². The molecule has 0 saturated heterocycles. The van der Waals surface area contributed by atoms with E-state index >= 15 is 0 Å². The lowest BCUT2D eigenvalue weighted by Crippen LogP contribution is -2.20. The third-order valence-corrected chi connectivity index (χ3v) is 4.34. The molecule has 0 amide bonds. The molecule has 0 aromatic heterocycles. The van der Waals surface area contributed by atoms with Gasteiger partial charge in [-0.15, -0.1) is 0 Å². The number of hydrogen-bond donors (Lipinski definition) is 2. The van der Waals surface area contributed by atoms with Crippen LogP contribution in [0.2, 0.25) is 0 Å². The van der Waals surface area contributed by atoms with Crippen molar-refractivity contribution in [1.29, 1.82) is 0 Å². The van der Waals surface area contributed by atoms with Gasteiger partial charge >= 0.3 is 0 Å². The summed E-state index contributed by atoms with van der Waals surface area (Å²) >= 11 is 0. The Kier molecular flexibility index (Phi) is 5.12. The minimum absolute atomic E-state index is 0.140. The van der Waals surface area contributed by atoms with Gasteiger partial charge in [-0.05, 0) is 29.7 Å². The molecule has 2 rings (SSSR count). The maximum absolute atomic E-state index is 11.2. The zero-order valence-corrected chi connectivity index (χ0v) is 12.8. The Labute approximate surface area is 126 Å². The van der Waals surface area contributed by atoms with E-state index in [0.717, 1.165) is 12.0 Å². The number of benzene rings is 2. The van der Waals surface area contributed by atoms with Crippen LogP contribution in [0.5, 0.6) is 0 Å². The van der Waals surface area contributed by atoms with E-state index < -0.39 is 10.0 Å². The molecule has 0 bridgehead atoms. The summed E-state index contributed by atoms with van der Waals surface area (Å²) in [6.07, 6.45) is 0.985. The zero-order chi connectivity index (χ0) is 15.3. The normalized spacial score (nSPS) is 13.0. The maximum Gasteiger partial charge on any atom is 0.238 e. The number of rotatable bonds is 6. The van der Waals surface area contributed by atoms with Gasteiger partial charge < -0.3 is 5.32 Å². The van der Waals surface area contributed by atoms with Gasteiger partial charge in [0.05, 0.1) is 4.90 Å². The van der Waals surface area contributed by atoms with Gasteiger partial charge in [0.15, 0.2) is 0 Å². The Hall–Kier alpha value is -1.69. The number of primary sulfonamides is 1. The molecule has 3 N–H and O–H groups in total. The van der Waals surface area contributed by atoms with Crippen LogP contribution in [0.15, 0.2) is 59.5 Å². The fraction of sp³-hybridized carbons (Fsp3) is 0.250. The average Bonchev–Trinajstić information content (AvgIpc) is 2.48. The quantitative estimate of drug-likeness (QED) is 0.861. The molecule has 4 nitrogen and oxygen atoms in total. The average molecular weight is 304 g/mol. The molecule has 0 aliphatic carbocycles. The first-order chi connectivity index (χ1) is 10.0. The largest absolute Gasteiger partial charge is 0.306 e. The van der Waals surface area contributed by atoms with Crippen LogP contribution >= 0.6 is 0 Å². The second-order valence-electron chi connectivity index (χ2n) is 4.94. The van der Waals surface area contributed by atoms with E-state index in [1.165, 1.54) is 17.7 Å². The van der Waals surface area contributed by atoms with Crippen LogP contribution in [0.1, 0.15) is 30.5 Å². The highest BCUT2D eigenvalue weighted by Crippen LogP contribution is 2.17. The molecule has 5 heteroatoms. The van der Waals surface area contributed by atoms with Crippen molar-refractivity contribution in [2.45, 2.75) is 30.8 Å². The van der Waals surface area contributed by atoms with Gasteiger partial charge in [-0.3, -0.25) is 0 Å². The Balaban J connectivity index is 2.02. The lowest BCUT2D eigenvalue weighted by atomic mass is 10.0. The van der Waals surface area contributed by atoms with E-state index in [1.54, 1.807) is 12.1 Å². The Morgan fingerprint density at radius 3 is 2.19 bits per heavy atom. The van der Waals surface area contributed by atoms with E-state index in [1.807, 2.05) is 18.2 Å². The lowest BCUT2D eigenvalue weighted by Gasteiger charge is -2.17. The highest BCUT2D eigenvalue weighted by atomic mass is 32.2. The fourth-order valence-corrected chi connectivity index (χ4v) is 2.74. The van der Waals surface area contributed by atoms with E-state index in [9.17, 15) is 8.42 Å². The molecule has 2 aromatic carbocycles. The number of hydrogen-bond acceptors (Lipinski definition) is 3. The van der Waals surface area contributed by atoms with Crippen LogP contribution in [0.4, 0.5) is 0 Å². The number of nitrogens with one attached hydrogen (secondary N) is 1. The second-order valence-corrected chi connectivity index (χ2v) is 6.50. The first-order valence-corrected chi connectivity index (χ1v) is 8.45. The van der Waals surface area contributed by atoms with Crippen LogP contribution in [-0.2, 0) is 16.6 Å². The Bertz CT molecular complexity index is 667. The molecule has 0 saturated carbocycles. The van der Waals surface area contributed by atoms with Crippen molar-refractivity contribution in [3.63, 3.8) is 0 Å². The first kappa shape index (κ1) is 15.7. The summed E-state index contributed by atoms with van der Waals surface area (Å²) in [5.41, 5.74) is 2.28. The summed E-state index contributed by atoms with van der Waals surface area (Å²) in [5.74, 6) is 0. The predicted octanol–water partition coefficient (Wildman–Crippen LogP) is 2.57. The van der Waals surface area contributed by atoms with Gasteiger partial charge in [-0.1, -0.05) is 49.4 Å². The van der Waals surface area contributed by atoms with Crippen LogP contribution in [-0.4, -0.2) is 8.42 Å². The van der Waals surface area contributed by atoms with Crippen molar-refractivity contribution in [2.24, 2.45) is 5.14 Å². The monoisotopic (exact) mass is 304 g/mol. The number of sulfonamides is 1. The SMILES string of the molecule is CCC(NCc1ccc(S(N)(=O)=O)cc1)c1ccccc1. The third-order valence-electron chi connectivity index (χ3n) is 3.41. The van der Waals surface area contributed by atoms with Gasteiger partial charge in [-0.25, -0.2) is 13.6 Å². The second kappa shape index (κ2) is 6.85. The highest BCUT2D eigenvalue weighted by molar-refractivity contribution is 7.89. The van der Waals surface area contributed by atoms with Crippen molar-refractivity contribution < 1.29 is 8.42 Å². The molecule has 0 fully saturated rings. The molecule has 0 heterocycles. The zero-order valence-electron chi connectivity index (χ0n) is 12.0. The van der Waals surface area contributed by atoms with Crippen molar-refractivity contribution in [1.82, 2.24) is 5.32 Å². The summed E-state index contributed by atoms with van der Waals surface area (Å²) in [6.45, 7) is 2.81. The predicted molar refractivity (Wildman–Crippen MR) is 84.1 cm³/mol. The van der Waals surface area contributed by atoms with E-state index in [4.69, 9.17) is 5.14 Å². The first-order valence-electron chi connectivity index (χ1n) is 6.91. The van der Waals surface area contributed by atoms with Gasteiger partial charge in [-0.2, -0.15) is 0 Å². The Morgan fingerprint density at radius 2 is 1.67 bits per heavy atom. The van der Waals surface area contributed by atoms with Gasteiger partial charge in [0.2, 0.25) is 10.0 Å². The minimum atomic E-state index is -3.62. The molecule has 2 aromatic rings. The minimum Gasteiger partial charge on any atom is -0.306 e. The van der Waals surface area contributed by atoms with Crippen molar-refractivity contribution >= 4 is 10.0 Å². The third kappa shape index (κ3) is 4.39. The Morgan fingerprint density at radius 1 is 1.05 bits per heavy atom. The maximum atomic E-state index is 11.2. The molecule has 0 spiro atoms. The molecule has 1 unspecified atom stereocenters. The number of nitrogens with two attached hydrogens (primary N) is 1. The summed E-state index contributed by atoms with van der Waals surface area (Å²) in [4.78, 5) is 0.140.